The lowest BCUT2D eigenvalue weighted by Gasteiger charge is -2.10. The SMILES string of the molecule is Cc1ccc(OCCCC(=O)NCCC(C)O)c(C)c1. The average molecular weight is 279 g/mol. The predicted octanol–water partition coefficient (Wildman–Crippen LogP) is 2.35. The van der Waals surface area contributed by atoms with E-state index in [1.165, 1.54) is 5.56 Å². The van der Waals surface area contributed by atoms with Gasteiger partial charge in [0, 0.05) is 13.0 Å². The number of hydrogen-bond donors (Lipinski definition) is 2. The van der Waals surface area contributed by atoms with Crippen molar-refractivity contribution in [2.24, 2.45) is 0 Å². The van der Waals surface area contributed by atoms with Gasteiger partial charge in [-0.05, 0) is 45.2 Å². The highest BCUT2D eigenvalue weighted by molar-refractivity contribution is 5.75. The highest BCUT2D eigenvalue weighted by Gasteiger charge is 2.03. The fourth-order valence-corrected chi connectivity index (χ4v) is 1.88. The van der Waals surface area contributed by atoms with Crippen molar-refractivity contribution in [3.05, 3.63) is 29.3 Å². The van der Waals surface area contributed by atoms with Crippen LogP contribution in [0.2, 0.25) is 0 Å². The molecule has 4 heteroatoms. The third kappa shape index (κ3) is 6.57. The molecule has 20 heavy (non-hydrogen) atoms. The van der Waals surface area contributed by atoms with E-state index in [4.69, 9.17) is 9.84 Å². The molecule has 0 aromatic heterocycles. The van der Waals surface area contributed by atoms with Gasteiger partial charge in [0.25, 0.3) is 0 Å². The fourth-order valence-electron chi connectivity index (χ4n) is 1.88. The number of carbonyl (C=O) groups is 1. The van der Waals surface area contributed by atoms with E-state index in [-0.39, 0.29) is 12.0 Å². The molecular formula is C16H25NO3. The van der Waals surface area contributed by atoms with Gasteiger partial charge in [0.2, 0.25) is 5.91 Å². The van der Waals surface area contributed by atoms with Gasteiger partial charge in [-0.3, -0.25) is 4.79 Å². The van der Waals surface area contributed by atoms with Gasteiger partial charge in [0.15, 0.2) is 0 Å². The van der Waals surface area contributed by atoms with Crippen molar-refractivity contribution in [3.8, 4) is 5.75 Å². The summed E-state index contributed by atoms with van der Waals surface area (Å²) in [4.78, 5) is 11.5. The monoisotopic (exact) mass is 279 g/mol. The summed E-state index contributed by atoms with van der Waals surface area (Å²) in [6, 6.07) is 6.07. The largest absolute Gasteiger partial charge is 0.493 e. The summed E-state index contributed by atoms with van der Waals surface area (Å²) in [5, 5.41) is 11.9. The Bertz CT molecular complexity index is 430. The van der Waals surface area contributed by atoms with Crippen molar-refractivity contribution in [1.29, 1.82) is 0 Å². The standard InChI is InChI=1S/C16H25NO3/c1-12-6-7-15(13(2)11-12)20-10-4-5-16(19)17-9-8-14(3)18/h6-7,11,14,18H,4-5,8-10H2,1-3H3,(H,17,19). The van der Waals surface area contributed by atoms with E-state index < -0.39 is 0 Å². The van der Waals surface area contributed by atoms with Crippen LogP contribution in [0.1, 0.15) is 37.3 Å². The summed E-state index contributed by atoms with van der Waals surface area (Å²) in [5.74, 6) is 0.889. The van der Waals surface area contributed by atoms with Crippen LogP contribution in [0.5, 0.6) is 5.75 Å². The second kappa shape index (κ2) is 8.59. The van der Waals surface area contributed by atoms with Gasteiger partial charge in [-0.1, -0.05) is 17.7 Å². The van der Waals surface area contributed by atoms with Gasteiger partial charge in [-0.25, -0.2) is 0 Å². The zero-order valence-corrected chi connectivity index (χ0v) is 12.6. The topological polar surface area (TPSA) is 58.6 Å². The Morgan fingerprint density at radius 1 is 1.40 bits per heavy atom. The second-order valence-electron chi connectivity index (χ2n) is 5.21. The number of rotatable bonds is 8. The zero-order chi connectivity index (χ0) is 15.0. The lowest BCUT2D eigenvalue weighted by Crippen LogP contribution is -2.26. The minimum Gasteiger partial charge on any atom is -0.493 e. The summed E-state index contributed by atoms with van der Waals surface area (Å²) in [6.45, 7) is 6.84. The van der Waals surface area contributed by atoms with Crippen molar-refractivity contribution < 1.29 is 14.6 Å². The lowest BCUT2D eigenvalue weighted by atomic mass is 10.1. The molecule has 1 rings (SSSR count). The molecule has 0 saturated carbocycles. The summed E-state index contributed by atoms with van der Waals surface area (Å²) in [6.07, 6.45) is 1.35. The zero-order valence-electron chi connectivity index (χ0n) is 12.6. The molecule has 0 fully saturated rings. The molecule has 0 saturated heterocycles. The Labute approximate surface area is 121 Å². The van der Waals surface area contributed by atoms with Crippen molar-refractivity contribution >= 4 is 5.91 Å². The van der Waals surface area contributed by atoms with E-state index in [2.05, 4.69) is 11.4 Å². The Hall–Kier alpha value is -1.55. The molecule has 1 atom stereocenters. The molecule has 0 radical (unpaired) electrons. The molecular weight excluding hydrogens is 254 g/mol. The van der Waals surface area contributed by atoms with Gasteiger partial charge in [-0.15, -0.1) is 0 Å². The molecule has 1 aromatic rings. The van der Waals surface area contributed by atoms with Gasteiger partial charge in [-0.2, -0.15) is 0 Å². The van der Waals surface area contributed by atoms with Crippen LogP contribution < -0.4 is 10.1 Å². The Morgan fingerprint density at radius 2 is 2.15 bits per heavy atom. The molecule has 0 heterocycles. The van der Waals surface area contributed by atoms with Gasteiger partial charge in [0.1, 0.15) is 5.75 Å². The van der Waals surface area contributed by atoms with Gasteiger partial charge >= 0.3 is 0 Å². The van der Waals surface area contributed by atoms with Crippen LogP contribution >= 0.6 is 0 Å². The summed E-state index contributed by atoms with van der Waals surface area (Å²) < 4.78 is 5.66. The van der Waals surface area contributed by atoms with Crippen LogP contribution in [0.25, 0.3) is 0 Å². The summed E-state index contributed by atoms with van der Waals surface area (Å²) in [7, 11) is 0. The minimum atomic E-state index is -0.372. The first kappa shape index (κ1) is 16.5. The maximum Gasteiger partial charge on any atom is 0.220 e. The maximum absolute atomic E-state index is 11.5. The first-order chi connectivity index (χ1) is 9.49. The van der Waals surface area contributed by atoms with Crippen molar-refractivity contribution in [2.75, 3.05) is 13.2 Å². The molecule has 0 aliphatic heterocycles. The van der Waals surface area contributed by atoms with E-state index in [0.29, 0.717) is 32.4 Å². The number of nitrogens with one attached hydrogen (secondary N) is 1. The fraction of sp³-hybridized carbons (Fsp3) is 0.562. The van der Waals surface area contributed by atoms with E-state index in [1.807, 2.05) is 26.0 Å². The highest BCUT2D eigenvalue weighted by atomic mass is 16.5. The minimum absolute atomic E-state index is 0.00915. The molecule has 0 spiro atoms. The number of aliphatic hydroxyl groups is 1. The van der Waals surface area contributed by atoms with Crippen molar-refractivity contribution in [1.82, 2.24) is 5.32 Å². The summed E-state index contributed by atoms with van der Waals surface area (Å²) in [5.41, 5.74) is 2.33. The second-order valence-corrected chi connectivity index (χ2v) is 5.21. The molecule has 112 valence electrons. The van der Waals surface area contributed by atoms with Crippen LogP contribution in [0, 0.1) is 13.8 Å². The van der Waals surface area contributed by atoms with Gasteiger partial charge < -0.3 is 15.2 Å². The van der Waals surface area contributed by atoms with Crippen molar-refractivity contribution in [3.63, 3.8) is 0 Å². The maximum atomic E-state index is 11.5. The molecule has 0 aliphatic carbocycles. The van der Waals surface area contributed by atoms with Crippen LogP contribution in [0.3, 0.4) is 0 Å². The molecule has 1 unspecified atom stereocenters. The van der Waals surface area contributed by atoms with Crippen molar-refractivity contribution in [2.45, 2.75) is 46.1 Å². The number of carbonyl (C=O) groups excluding carboxylic acids is 1. The van der Waals surface area contributed by atoms with E-state index in [9.17, 15) is 4.79 Å². The first-order valence-corrected chi connectivity index (χ1v) is 7.14. The van der Waals surface area contributed by atoms with E-state index in [1.54, 1.807) is 6.92 Å². The molecule has 2 N–H and O–H groups in total. The third-order valence-corrected chi connectivity index (χ3v) is 3.02. The average Bonchev–Trinajstić information content (AvgIpc) is 2.36. The number of ether oxygens (including phenoxy) is 1. The smallest absolute Gasteiger partial charge is 0.220 e. The predicted molar refractivity (Wildman–Crippen MR) is 80.0 cm³/mol. The summed E-state index contributed by atoms with van der Waals surface area (Å²) >= 11 is 0. The third-order valence-electron chi connectivity index (χ3n) is 3.02. The number of amides is 1. The molecule has 0 bridgehead atoms. The normalized spacial score (nSPS) is 12.0. The van der Waals surface area contributed by atoms with E-state index in [0.717, 1.165) is 11.3 Å². The quantitative estimate of drug-likeness (QED) is 0.718. The molecule has 4 nitrogen and oxygen atoms in total. The Morgan fingerprint density at radius 3 is 2.80 bits per heavy atom. The highest BCUT2D eigenvalue weighted by Crippen LogP contribution is 2.18. The van der Waals surface area contributed by atoms with Crippen LogP contribution in [-0.2, 0) is 4.79 Å². The number of hydrogen-bond acceptors (Lipinski definition) is 3. The number of aliphatic hydroxyl groups excluding tert-OH is 1. The van der Waals surface area contributed by atoms with Crippen LogP contribution in [0.15, 0.2) is 18.2 Å². The molecule has 0 aliphatic rings. The molecule has 1 aromatic carbocycles. The van der Waals surface area contributed by atoms with Crippen LogP contribution in [0.4, 0.5) is 0 Å². The van der Waals surface area contributed by atoms with Crippen LogP contribution in [-0.4, -0.2) is 30.3 Å². The van der Waals surface area contributed by atoms with Gasteiger partial charge in [0.05, 0.1) is 12.7 Å². The number of benzene rings is 1. The Kier molecular flexibility index (Phi) is 7.09. The molecule has 1 amide bonds. The Balaban J connectivity index is 2.16. The first-order valence-electron chi connectivity index (χ1n) is 7.14. The number of aryl methyl sites for hydroxylation is 2. The lowest BCUT2D eigenvalue weighted by molar-refractivity contribution is -0.121. The van der Waals surface area contributed by atoms with E-state index >= 15 is 0 Å².